The third-order valence-corrected chi connectivity index (χ3v) is 3.55. The second-order valence-corrected chi connectivity index (χ2v) is 5.47. The van der Waals surface area contributed by atoms with Crippen LogP contribution in [-0.2, 0) is 19.1 Å². The van der Waals surface area contributed by atoms with Gasteiger partial charge in [0.1, 0.15) is 0 Å². The molecule has 1 aromatic carbocycles. The first-order chi connectivity index (χ1) is 9.97. The molecule has 1 aliphatic rings. The number of esters is 1. The minimum absolute atomic E-state index is 0.397. The molecule has 0 radical (unpaired) electrons. The zero-order chi connectivity index (χ0) is 15.4. The quantitative estimate of drug-likeness (QED) is 0.868. The molecule has 6 heteroatoms. The molecule has 0 aliphatic carbocycles. The number of aryl methyl sites for hydroxylation is 1. The van der Waals surface area contributed by atoms with Crippen molar-refractivity contribution in [2.45, 2.75) is 38.9 Å². The fraction of sp³-hybridized carbons (Fsp3) is 0.467. The molecular weight excluding hydrogens is 294 g/mol. The number of halogens is 1. The first-order valence-corrected chi connectivity index (χ1v) is 7.24. The van der Waals surface area contributed by atoms with Crippen LogP contribution in [0.3, 0.4) is 0 Å². The minimum atomic E-state index is -0.889. The van der Waals surface area contributed by atoms with Crippen LogP contribution in [0.1, 0.15) is 25.3 Å². The van der Waals surface area contributed by atoms with Gasteiger partial charge in [-0.25, -0.2) is 4.79 Å². The van der Waals surface area contributed by atoms with Crippen molar-refractivity contribution in [3.63, 3.8) is 0 Å². The van der Waals surface area contributed by atoms with Crippen LogP contribution in [0.2, 0.25) is 5.02 Å². The van der Waals surface area contributed by atoms with E-state index in [1.807, 2.05) is 6.92 Å². The van der Waals surface area contributed by atoms with Crippen LogP contribution in [0.25, 0.3) is 0 Å². The standard InChI is InChI=1S/C15H18ClNO4/c1-9-5-6-11(16)8-12(9)17-14(18)10(2)21-15(19)13-4-3-7-20-13/h5-6,8,10,13H,3-4,7H2,1-2H3,(H,17,18)/t10-,13+/m0/s1. The van der Waals surface area contributed by atoms with Gasteiger partial charge >= 0.3 is 5.97 Å². The molecule has 1 heterocycles. The molecule has 0 aromatic heterocycles. The Bertz CT molecular complexity index is 540. The highest BCUT2D eigenvalue weighted by Crippen LogP contribution is 2.21. The number of nitrogens with one attached hydrogen (secondary N) is 1. The van der Waals surface area contributed by atoms with Crippen molar-refractivity contribution in [3.8, 4) is 0 Å². The largest absolute Gasteiger partial charge is 0.451 e. The maximum atomic E-state index is 12.1. The Hall–Kier alpha value is -1.59. The molecule has 1 saturated heterocycles. The van der Waals surface area contributed by atoms with E-state index in [0.29, 0.717) is 23.7 Å². The topological polar surface area (TPSA) is 64.6 Å². The fourth-order valence-electron chi connectivity index (χ4n) is 2.03. The van der Waals surface area contributed by atoms with Crippen LogP contribution in [0.5, 0.6) is 0 Å². The fourth-order valence-corrected chi connectivity index (χ4v) is 2.20. The van der Waals surface area contributed by atoms with Gasteiger partial charge in [-0.1, -0.05) is 17.7 Å². The van der Waals surface area contributed by atoms with Crippen LogP contribution >= 0.6 is 11.6 Å². The number of carbonyl (C=O) groups excluding carboxylic acids is 2. The molecule has 5 nitrogen and oxygen atoms in total. The minimum Gasteiger partial charge on any atom is -0.451 e. The lowest BCUT2D eigenvalue weighted by atomic mass is 10.2. The number of hydrogen-bond donors (Lipinski definition) is 1. The van der Waals surface area contributed by atoms with Crippen molar-refractivity contribution in [2.24, 2.45) is 0 Å². The van der Waals surface area contributed by atoms with Gasteiger partial charge in [-0.3, -0.25) is 4.79 Å². The molecule has 0 bridgehead atoms. The zero-order valence-corrected chi connectivity index (χ0v) is 12.8. The highest BCUT2D eigenvalue weighted by atomic mass is 35.5. The Morgan fingerprint density at radius 2 is 2.24 bits per heavy atom. The van der Waals surface area contributed by atoms with Gasteiger partial charge in [0.25, 0.3) is 5.91 Å². The lowest BCUT2D eigenvalue weighted by Crippen LogP contribution is -2.34. The number of rotatable bonds is 4. The summed E-state index contributed by atoms with van der Waals surface area (Å²) in [6.07, 6.45) is 0.0380. The molecule has 2 rings (SSSR count). The molecule has 114 valence electrons. The van der Waals surface area contributed by atoms with E-state index in [2.05, 4.69) is 5.32 Å². The summed E-state index contributed by atoms with van der Waals surface area (Å²) < 4.78 is 10.4. The molecule has 21 heavy (non-hydrogen) atoms. The number of anilines is 1. The summed E-state index contributed by atoms with van der Waals surface area (Å²) in [6, 6.07) is 5.21. The van der Waals surface area contributed by atoms with Gasteiger partial charge < -0.3 is 14.8 Å². The predicted octanol–water partition coefficient (Wildman–Crippen LogP) is 2.70. The average Bonchev–Trinajstić information content (AvgIpc) is 2.97. The van der Waals surface area contributed by atoms with E-state index in [-0.39, 0.29) is 0 Å². The lowest BCUT2D eigenvalue weighted by Gasteiger charge is -2.16. The van der Waals surface area contributed by atoms with Gasteiger partial charge in [-0.05, 0) is 44.4 Å². The van der Waals surface area contributed by atoms with Gasteiger partial charge in [-0.2, -0.15) is 0 Å². The van der Waals surface area contributed by atoms with Crippen LogP contribution in [0.4, 0.5) is 5.69 Å². The smallest absolute Gasteiger partial charge is 0.336 e. The summed E-state index contributed by atoms with van der Waals surface area (Å²) in [6.45, 7) is 3.94. The van der Waals surface area contributed by atoms with Gasteiger partial charge in [-0.15, -0.1) is 0 Å². The van der Waals surface area contributed by atoms with E-state index in [9.17, 15) is 9.59 Å². The highest BCUT2D eigenvalue weighted by Gasteiger charge is 2.28. The van der Waals surface area contributed by atoms with Crippen molar-refractivity contribution in [3.05, 3.63) is 28.8 Å². The maximum Gasteiger partial charge on any atom is 0.336 e. The van der Waals surface area contributed by atoms with Crippen LogP contribution in [0, 0.1) is 6.92 Å². The van der Waals surface area contributed by atoms with Crippen molar-refractivity contribution in [1.29, 1.82) is 0 Å². The van der Waals surface area contributed by atoms with Crippen LogP contribution in [-0.4, -0.2) is 30.7 Å². The molecule has 1 N–H and O–H groups in total. The molecule has 1 amide bonds. The first kappa shape index (κ1) is 15.8. The molecule has 2 atom stereocenters. The second-order valence-electron chi connectivity index (χ2n) is 5.03. The van der Waals surface area contributed by atoms with Gasteiger partial charge in [0.15, 0.2) is 12.2 Å². The Labute approximate surface area is 128 Å². The third-order valence-electron chi connectivity index (χ3n) is 3.31. The second kappa shape index (κ2) is 6.91. The number of ether oxygens (including phenoxy) is 2. The zero-order valence-electron chi connectivity index (χ0n) is 12.0. The average molecular weight is 312 g/mol. The van der Waals surface area contributed by atoms with E-state index in [4.69, 9.17) is 21.1 Å². The van der Waals surface area contributed by atoms with Crippen LogP contribution in [0.15, 0.2) is 18.2 Å². The molecule has 1 fully saturated rings. The Morgan fingerprint density at radius 3 is 2.90 bits per heavy atom. The maximum absolute atomic E-state index is 12.1. The number of amides is 1. The van der Waals surface area contributed by atoms with Gasteiger partial charge in [0, 0.05) is 17.3 Å². The highest BCUT2D eigenvalue weighted by molar-refractivity contribution is 6.31. The monoisotopic (exact) mass is 311 g/mol. The van der Waals surface area contributed by atoms with Crippen molar-refractivity contribution >= 4 is 29.2 Å². The molecule has 1 aromatic rings. The van der Waals surface area contributed by atoms with E-state index in [1.165, 1.54) is 6.92 Å². The Morgan fingerprint density at radius 1 is 1.48 bits per heavy atom. The number of carbonyl (C=O) groups is 2. The van der Waals surface area contributed by atoms with Gasteiger partial charge in [0.2, 0.25) is 0 Å². The number of hydrogen-bond acceptors (Lipinski definition) is 4. The van der Waals surface area contributed by atoms with Crippen molar-refractivity contribution in [2.75, 3.05) is 11.9 Å². The number of benzene rings is 1. The van der Waals surface area contributed by atoms with E-state index in [1.54, 1.807) is 18.2 Å². The summed E-state index contributed by atoms with van der Waals surface area (Å²) in [4.78, 5) is 23.8. The molecule has 0 saturated carbocycles. The van der Waals surface area contributed by atoms with E-state index < -0.39 is 24.1 Å². The summed E-state index contributed by atoms with van der Waals surface area (Å²) >= 11 is 5.90. The third kappa shape index (κ3) is 4.19. The molecule has 0 spiro atoms. The predicted molar refractivity (Wildman–Crippen MR) is 79.3 cm³/mol. The van der Waals surface area contributed by atoms with Crippen molar-refractivity contribution in [1.82, 2.24) is 0 Å². The van der Waals surface area contributed by atoms with Crippen LogP contribution < -0.4 is 5.32 Å². The van der Waals surface area contributed by atoms with Crippen molar-refractivity contribution < 1.29 is 19.1 Å². The van der Waals surface area contributed by atoms with E-state index in [0.717, 1.165) is 12.0 Å². The lowest BCUT2D eigenvalue weighted by molar-refractivity contribution is -0.162. The van der Waals surface area contributed by atoms with E-state index >= 15 is 0 Å². The normalized spacial score (nSPS) is 19.1. The Kier molecular flexibility index (Phi) is 5.20. The van der Waals surface area contributed by atoms with Gasteiger partial charge in [0.05, 0.1) is 0 Å². The summed E-state index contributed by atoms with van der Waals surface area (Å²) in [7, 11) is 0. The summed E-state index contributed by atoms with van der Waals surface area (Å²) in [5.41, 5.74) is 1.48. The first-order valence-electron chi connectivity index (χ1n) is 6.86. The summed E-state index contributed by atoms with van der Waals surface area (Å²) in [5, 5.41) is 3.23. The molecular formula is C15H18ClNO4. The molecule has 1 aliphatic heterocycles. The Balaban J connectivity index is 1.93. The SMILES string of the molecule is Cc1ccc(Cl)cc1NC(=O)[C@H](C)OC(=O)[C@H]1CCCO1. The summed E-state index contributed by atoms with van der Waals surface area (Å²) in [5.74, 6) is -0.885. The molecule has 0 unspecified atom stereocenters.